The monoisotopic (exact) mass is 342 g/mol. The van der Waals surface area contributed by atoms with E-state index in [4.69, 9.17) is 4.74 Å². The van der Waals surface area contributed by atoms with E-state index in [-0.39, 0.29) is 23.4 Å². The van der Waals surface area contributed by atoms with Crippen molar-refractivity contribution in [3.8, 4) is 5.75 Å². The summed E-state index contributed by atoms with van der Waals surface area (Å²) in [4.78, 5) is 22.6. The fourth-order valence-corrected chi connectivity index (χ4v) is 2.44. The van der Waals surface area contributed by atoms with Gasteiger partial charge in [-0.2, -0.15) is 0 Å². The number of nitro groups is 1. The van der Waals surface area contributed by atoms with Gasteiger partial charge in [0, 0.05) is 6.07 Å². The van der Waals surface area contributed by atoms with E-state index in [2.05, 4.69) is 26.1 Å². The third-order valence-electron chi connectivity index (χ3n) is 3.68. The minimum absolute atomic E-state index is 0.127. The van der Waals surface area contributed by atoms with Gasteiger partial charge in [0.2, 0.25) is 0 Å². The average Bonchev–Trinajstić information content (AvgIpc) is 2.52. The highest BCUT2D eigenvalue weighted by atomic mass is 16.6. The number of carbonyl (C=O) groups is 1. The van der Waals surface area contributed by atoms with Crippen molar-refractivity contribution >= 4 is 17.3 Å². The van der Waals surface area contributed by atoms with E-state index in [0.717, 1.165) is 11.1 Å². The standard InChI is InChI=1S/C19H22N2O4/c1-13-9-10-14(19(2,3)4)17(11-13)25-12-18(22)20-15-7-5-6-8-16(15)21(23)24/h5-11H,12H2,1-4H3,(H,20,22). The number of anilines is 1. The maximum absolute atomic E-state index is 12.1. The van der Waals surface area contributed by atoms with Gasteiger partial charge in [-0.15, -0.1) is 0 Å². The van der Waals surface area contributed by atoms with Gasteiger partial charge in [0.15, 0.2) is 6.61 Å². The van der Waals surface area contributed by atoms with E-state index in [0.29, 0.717) is 5.75 Å². The number of para-hydroxylation sites is 2. The van der Waals surface area contributed by atoms with Crippen LogP contribution in [-0.2, 0) is 10.2 Å². The Morgan fingerprint density at radius 1 is 1.20 bits per heavy atom. The van der Waals surface area contributed by atoms with Crippen molar-refractivity contribution in [1.29, 1.82) is 0 Å². The number of nitrogens with one attached hydrogen (secondary N) is 1. The zero-order valence-corrected chi connectivity index (χ0v) is 14.8. The topological polar surface area (TPSA) is 81.5 Å². The van der Waals surface area contributed by atoms with Crippen LogP contribution in [0.5, 0.6) is 5.75 Å². The molecule has 2 rings (SSSR count). The molecule has 0 spiro atoms. The second-order valence-corrected chi connectivity index (χ2v) is 6.86. The zero-order valence-electron chi connectivity index (χ0n) is 14.8. The van der Waals surface area contributed by atoms with E-state index < -0.39 is 10.8 Å². The molecule has 0 saturated carbocycles. The molecule has 132 valence electrons. The summed E-state index contributed by atoms with van der Waals surface area (Å²) in [5, 5.41) is 13.5. The Kier molecular flexibility index (Phi) is 5.41. The first-order valence-electron chi connectivity index (χ1n) is 7.95. The molecule has 2 aromatic carbocycles. The molecule has 6 heteroatoms. The summed E-state index contributed by atoms with van der Waals surface area (Å²) in [6.45, 7) is 7.93. The Morgan fingerprint density at radius 3 is 2.52 bits per heavy atom. The molecule has 0 heterocycles. The quantitative estimate of drug-likeness (QED) is 0.651. The number of rotatable bonds is 5. The second kappa shape index (κ2) is 7.34. The first-order chi connectivity index (χ1) is 11.7. The van der Waals surface area contributed by atoms with Crippen LogP contribution in [0.1, 0.15) is 31.9 Å². The summed E-state index contributed by atoms with van der Waals surface area (Å²) in [7, 11) is 0. The van der Waals surface area contributed by atoms with Crippen LogP contribution in [-0.4, -0.2) is 17.4 Å². The van der Waals surface area contributed by atoms with Crippen molar-refractivity contribution in [1.82, 2.24) is 0 Å². The third-order valence-corrected chi connectivity index (χ3v) is 3.68. The van der Waals surface area contributed by atoms with Crippen LogP contribution in [0.3, 0.4) is 0 Å². The lowest BCUT2D eigenvalue weighted by molar-refractivity contribution is -0.383. The SMILES string of the molecule is Cc1ccc(C(C)(C)C)c(OCC(=O)Nc2ccccc2[N+](=O)[O-])c1. The van der Waals surface area contributed by atoms with E-state index in [9.17, 15) is 14.9 Å². The van der Waals surface area contributed by atoms with Gasteiger partial charge in [-0.25, -0.2) is 0 Å². The van der Waals surface area contributed by atoms with Crippen LogP contribution in [0.2, 0.25) is 0 Å². The number of nitro benzene ring substituents is 1. The number of ether oxygens (including phenoxy) is 1. The molecule has 0 aromatic heterocycles. The number of benzene rings is 2. The Labute approximate surface area is 147 Å². The van der Waals surface area contributed by atoms with Crippen molar-refractivity contribution in [2.24, 2.45) is 0 Å². The molecule has 0 aliphatic rings. The van der Waals surface area contributed by atoms with E-state index in [1.54, 1.807) is 12.1 Å². The number of aryl methyl sites for hydroxylation is 1. The second-order valence-electron chi connectivity index (χ2n) is 6.86. The van der Waals surface area contributed by atoms with Crippen molar-refractivity contribution in [3.63, 3.8) is 0 Å². The third kappa shape index (κ3) is 4.79. The predicted molar refractivity (Wildman–Crippen MR) is 97.1 cm³/mol. The number of hydrogen-bond donors (Lipinski definition) is 1. The summed E-state index contributed by atoms with van der Waals surface area (Å²) in [5.74, 6) is 0.195. The smallest absolute Gasteiger partial charge is 0.292 e. The Balaban J connectivity index is 2.11. The highest BCUT2D eigenvalue weighted by Crippen LogP contribution is 2.32. The zero-order chi connectivity index (χ0) is 18.6. The normalized spacial score (nSPS) is 11.0. The molecule has 0 unspecified atom stereocenters. The molecule has 0 aliphatic heterocycles. The highest BCUT2D eigenvalue weighted by molar-refractivity contribution is 5.94. The van der Waals surface area contributed by atoms with Crippen LogP contribution in [0.4, 0.5) is 11.4 Å². The van der Waals surface area contributed by atoms with E-state index in [1.807, 2.05) is 25.1 Å². The molecule has 0 radical (unpaired) electrons. The van der Waals surface area contributed by atoms with Crippen molar-refractivity contribution in [2.45, 2.75) is 33.1 Å². The summed E-state index contributed by atoms with van der Waals surface area (Å²) in [6, 6.07) is 11.9. The van der Waals surface area contributed by atoms with Crippen molar-refractivity contribution in [2.75, 3.05) is 11.9 Å². The Bertz CT molecular complexity index is 794. The maximum Gasteiger partial charge on any atom is 0.292 e. The highest BCUT2D eigenvalue weighted by Gasteiger charge is 2.20. The minimum Gasteiger partial charge on any atom is -0.483 e. The van der Waals surface area contributed by atoms with Gasteiger partial charge in [-0.05, 0) is 35.6 Å². The molecule has 1 amide bonds. The van der Waals surface area contributed by atoms with Gasteiger partial charge in [0.25, 0.3) is 11.6 Å². The molecule has 6 nitrogen and oxygen atoms in total. The molecule has 0 fully saturated rings. The number of carbonyl (C=O) groups excluding carboxylic acids is 1. The van der Waals surface area contributed by atoms with Gasteiger partial charge in [-0.3, -0.25) is 14.9 Å². The number of hydrogen-bond acceptors (Lipinski definition) is 4. The molecule has 25 heavy (non-hydrogen) atoms. The minimum atomic E-state index is -0.533. The Morgan fingerprint density at radius 2 is 1.88 bits per heavy atom. The van der Waals surface area contributed by atoms with Crippen LogP contribution in [0.15, 0.2) is 42.5 Å². The van der Waals surface area contributed by atoms with Gasteiger partial charge >= 0.3 is 0 Å². The van der Waals surface area contributed by atoms with Gasteiger partial charge in [0.05, 0.1) is 4.92 Å². The summed E-state index contributed by atoms with van der Waals surface area (Å²) < 4.78 is 5.70. The van der Waals surface area contributed by atoms with Gasteiger partial charge in [-0.1, -0.05) is 45.0 Å². The summed E-state index contributed by atoms with van der Waals surface area (Å²) >= 11 is 0. The van der Waals surface area contributed by atoms with E-state index in [1.165, 1.54) is 12.1 Å². The molecule has 1 N–H and O–H groups in total. The van der Waals surface area contributed by atoms with Crippen molar-refractivity contribution < 1.29 is 14.5 Å². The van der Waals surface area contributed by atoms with Crippen molar-refractivity contribution in [3.05, 3.63) is 63.7 Å². The molecular weight excluding hydrogens is 320 g/mol. The summed E-state index contributed by atoms with van der Waals surface area (Å²) in [6.07, 6.45) is 0. The van der Waals surface area contributed by atoms with Crippen LogP contribution >= 0.6 is 0 Å². The number of nitrogens with zero attached hydrogens (tertiary/aromatic N) is 1. The van der Waals surface area contributed by atoms with Crippen LogP contribution < -0.4 is 10.1 Å². The van der Waals surface area contributed by atoms with Gasteiger partial charge in [0.1, 0.15) is 11.4 Å². The molecule has 0 atom stereocenters. The molecule has 0 aliphatic carbocycles. The molecule has 0 bridgehead atoms. The Hall–Kier alpha value is -2.89. The fraction of sp³-hybridized carbons (Fsp3) is 0.316. The largest absolute Gasteiger partial charge is 0.483 e. The first kappa shape index (κ1) is 18.4. The molecule has 0 saturated heterocycles. The molecular formula is C19H22N2O4. The lowest BCUT2D eigenvalue weighted by atomic mass is 9.86. The van der Waals surface area contributed by atoms with E-state index >= 15 is 0 Å². The summed E-state index contributed by atoms with van der Waals surface area (Å²) in [5.41, 5.74) is 1.90. The first-order valence-corrected chi connectivity index (χ1v) is 7.95. The average molecular weight is 342 g/mol. The lowest BCUT2D eigenvalue weighted by Crippen LogP contribution is -2.22. The lowest BCUT2D eigenvalue weighted by Gasteiger charge is -2.23. The van der Waals surface area contributed by atoms with Crippen LogP contribution in [0.25, 0.3) is 0 Å². The predicted octanol–water partition coefficient (Wildman–Crippen LogP) is 4.22. The maximum atomic E-state index is 12.1. The fourth-order valence-electron chi connectivity index (χ4n) is 2.44. The molecule has 2 aromatic rings. The van der Waals surface area contributed by atoms with Crippen LogP contribution in [0, 0.1) is 17.0 Å². The number of amides is 1. The van der Waals surface area contributed by atoms with Gasteiger partial charge < -0.3 is 10.1 Å².